The number of esters is 2. The van der Waals surface area contributed by atoms with Crippen molar-refractivity contribution >= 4 is 11.9 Å². The molecule has 2 rings (SSSR count). The Morgan fingerprint density at radius 1 is 0.958 bits per heavy atom. The van der Waals surface area contributed by atoms with E-state index in [9.17, 15) is 9.59 Å². The molecule has 0 spiro atoms. The van der Waals surface area contributed by atoms with Gasteiger partial charge in [0, 0.05) is 6.42 Å². The summed E-state index contributed by atoms with van der Waals surface area (Å²) in [4.78, 5) is 23.6. The molecule has 5 nitrogen and oxygen atoms in total. The van der Waals surface area contributed by atoms with Crippen molar-refractivity contribution in [2.24, 2.45) is 0 Å². The lowest BCUT2D eigenvalue weighted by Gasteiger charge is -2.06. The summed E-state index contributed by atoms with van der Waals surface area (Å²) in [5, 5.41) is 8.73. The van der Waals surface area contributed by atoms with E-state index >= 15 is 0 Å². The van der Waals surface area contributed by atoms with Gasteiger partial charge in [-0.25, -0.2) is 4.79 Å². The lowest BCUT2D eigenvalue weighted by molar-refractivity contribution is -0.134. The Hall–Kier alpha value is -3.13. The summed E-state index contributed by atoms with van der Waals surface area (Å²) >= 11 is 0. The number of hydrogen-bond acceptors (Lipinski definition) is 5. The van der Waals surface area contributed by atoms with Gasteiger partial charge in [0.05, 0.1) is 17.2 Å². The van der Waals surface area contributed by atoms with Crippen LogP contribution in [0.2, 0.25) is 0 Å². The van der Waals surface area contributed by atoms with Gasteiger partial charge in [-0.1, -0.05) is 13.3 Å². The molecule has 0 bridgehead atoms. The number of unbranched alkanes of at least 4 members (excludes halogenated alkanes) is 1. The van der Waals surface area contributed by atoms with Crippen molar-refractivity contribution in [3.05, 3.63) is 59.7 Å². The van der Waals surface area contributed by atoms with E-state index in [1.807, 2.05) is 13.0 Å². The number of ether oxygens (including phenoxy) is 2. The van der Waals surface area contributed by atoms with E-state index in [2.05, 4.69) is 0 Å². The predicted octanol–water partition coefficient (Wildman–Crippen LogP) is 3.87. The van der Waals surface area contributed by atoms with Crippen LogP contribution in [0.3, 0.4) is 0 Å². The first-order chi connectivity index (χ1) is 11.6. The minimum Gasteiger partial charge on any atom is -0.427 e. The number of nitrogens with zero attached hydrogens (tertiary/aromatic N) is 1. The molecule has 0 N–H and O–H groups in total. The van der Waals surface area contributed by atoms with E-state index in [1.165, 1.54) is 12.1 Å². The second-order valence-corrected chi connectivity index (χ2v) is 5.13. The SMILES string of the molecule is CCCCC(=O)Oc1ccc(C(=O)Oc2ccc(C#N)cc2)cc1. The lowest BCUT2D eigenvalue weighted by atomic mass is 10.2. The van der Waals surface area contributed by atoms with Crippen molar-refractivity contribution in [3.8, 4) is 17.6 Å². The van der Waals surface area contributed by atoms with Crippen molar-refractivity contribution < 1.29 is 19.1 Å². The van der Waals surface area contributed by atoms with Crippen LogP contribution in [0.25, 0.3) is 0 Å². The number of benzene rings is 2. The molecule has 2 aromatic rings. The Balaban J connectivity index is 1.95. The van der Waals surface area contributed by atoms with Gasteiger partial charge < -0.3 is 9.47 Å². The molecule has 5 heteroatoms. The van der Waals surface area contributed by atoms with Gasteiger partial charge in [-0.05, 0) is 55.0 Å². The molecule has 0 amide bonds. The topological polar surface area (TPSA) is 76.4 Å². The van der Waals surface area contributed by atoms with Crippen molar-refractivity contribution in [2.75, 3.05) is 0 Å². The fraction of sp³-hybridized carbons (Fsp3) is 0.211. The molecule has 0 aliphatic carbocycles. The van der Waals surface area contributed by atoms with Crippen LogP contribution < -0.4 is 9.47 Å². The molecule has 122 valence electrons. The summed E-state index contributed by atoms with van der Waals surface area (Å²) in [6.07, 6.45) is 2.09. The van der Waals surface area contributed by atoms with Gasteiger partial charge >= 0.3 is 11.9 Å². The molecule has 24 heavy (non-hydrogen) atoms. The quantitative estimate of drug-likeness (QED) is 0.595. The Labute approximate surface area is 140 Å². The minimum atomic E-state index is -0.524. The van der Waals surface area contributed by atoms with E-state index in [-0.39, 0.29) is 5.97 Å². The molecule has 0 saturated carbocycles. The van der Waals surface area contributed by atoms with Crippen LogP contribution in [0.15, 0.2) is 48.5 Å². The van der Waals surface area contributed by atoms with Crippen molar-refractivity contribution in [3.63, 3.8) is 0 Å². The van der Waals surface area contributed by atoms with Crippen LogP contribution in [0, 0.1) is 11.3 Å². The number of nitriles is 1. The van der Waals surface area contributed by atoms with Crippen LogP contribution in [-0.4, -0.2) is 11.9 Å². The zero-order chi connectivity index (χ0) is 17.4. The largest absolute Gasteiger partial charge is 0.427 e. The second kappa shape index (κ2) is 8.49. The third-order valence-electron chi connectivity index (χ3n) is 3.25. The highest BCUT2D eigenvalue weighted by molar-refractivity contribution is 5.91. The molecular formula is C19H17NO4. The summed E-state index contributed by atoms with van der Waals surface area (Å²) in [6, 6.07) is 14.4. The molecule has 0 heterocycles. The Kier molecular flexibility index (Phi) is 6.09. The van der Waals surface area contributed by atoms with E-state index < -0.39 is 5.97 Å². The number of carbonyl (C=O) groups excluding carboxylic acids is 2. The molecule has 0 aromatic heterocycles. The first-order valence-electron chi connectivity index (χ1n) is 7.65. The highest BCUT2D eigenvalue weighted by Crippen LogP contribution is 2.17. The molecule has 2 aromatic carbocycles. The summed E-state index contributed by atoms with van der Waals surface area (Å²) in [7, 11) is 0. The minimum absolute atomic E-state index is 0.287. The number of hydrogen-bond donors (Lipinski definition) is 0. The van der Waals surface area contributed by atoms with Gasteiger partial charge in [0.2, 0.25) is 0 Å². The van der Waals surface area contributed by atoms with Gasteiger partial charge in [0.25, 0.3) is 0 Å². The maximum atomic E-state index is 12.0. The Morgan fingerprint density at radius 2 is 1.54 bits per heavy atom. The fourth-order valence-corrected chi connectivity index (χ4v) is 1.93. The van der Waals surface area contributed by atoms with E-state index in [0.29, 0.717) is 29.0 Å². The van der Waals surface area contributed by atoms with Gasteiger partial charge in [-0.2, -0.15) is 5.26 Å². The molecule has 0 radical (unpaired) electrons. The summed E-state index contributed by atoms with van der Waals surface area (Å²) in [5.74, 6) is -0.0616. The van der Waals surface area contributed by atoms with E-state index in [0.717, 1.165) is 12.8 Å². The molecular weight excluding hydrogens is 306 g/mol. The zero-order valence-corrected chi connectivity index (χ0v) is 13.3. The third kappa shape index (κ3) is 4.96. The normalized spacial score (nSPS) is 9.83. The molecule has 0 aliphatic heterocycles. The summed E-state index contributed by atoms with van der Waals surface area (Å²) in [6.45, 7) is 2.00. The summed E-state index contributed by atoms with van der Waals surface area (Å²) < 4.78 is 10.4. The lowest BCUT2D eigenvalue weighted by Crippen LogP contribution is -2.09. The number of carbonyl (C=O) groups is 2. The second-order valence-electron chi connectivity index (χ2n) is 5.13. The highest BCUT2D eigenvalue weighted by atomic mass is 16.5. The maximum absolute atomic E-state index is 12.0. The van der Waals surface area contributed by atoms with E-state index in [1.54, 1.807) is 36.4 Å². The van der Waals surface area contributed by atoms with Crippen LogP contribution in [0.5, 0.6) is 11.5 Å². The average molecular weight is 323 g/mol. The van der Waals surface area contributed by atoms with Crippen LogP contribution in [-0.2, 0) is 4.79 Å². The highest BCUT2D eigenvalue weighted by Gasteiger charge is 2.10. The maximum Gasteiger partial charge on any atom is 0.343 e. The van der Waals surface area contributed by atoms with Gasteiger partial charge in [0.1, 0.15) is 11.5 Å². The van der Waals surface area contributed by atoms with Crippen LogP contribution >= 0.6 is 0 Å². The molecule has 0 atom stereocenters. The van der Waals surface area contributed by atoms with Crippen LogP contribution in [0.4, 0.5) is 0 Å². The Morgan fingerprint density at radius 3 is 2.12 bits per heavy atom. The molecule has 0 aliphatic rings. The monoisotopic (exact) mass is 323 g/mol. The predicted molar refractivity (Wildman–Crippen MR) is 87.7 cm³/mol. The van der Waals surface area contributed by atoms with Crippen LogP contribution in [0.1, 0.15) is 42.1 Å². The van der Waals surface area contributed by atoms with Gasteiger partial charge in [-0.3, -0.25) is 4.79 Å². The number of rotatable bonds is 6. The van der Waals surface area contributed by atoms with Crippen molar-refractivity contribution in [2.45, 2.75) is 26.2 Å². The fourth-order valence-electron chi connectivity index (χ4n) is 1.93. The van der Waals surface area contributed by atoms with E-state index in [4.69, 9.17) is 14.7 Å². The molecule has 0 saturated heterocycles. The summed E-state index contributed by atoms with van der Waals surface area (Å²) in [5.41, 5.74) is 0.830. The van der Waals surface area contributed by atoms with Gasteiger partial charge in [0.15, 0.2) is 0 Å². The Bertz CT molecular complexity index is 742. The zero-order valence-electron chi connectivity index (χ0n) is 13.3. The van der Waals surface area contributed by atoms with Crippen molar-refractivity contribution in [1.29, 1.82) is 5.26 Å². The van der Waals surface area contributed by atoms with Gasteiger partial charge in [-0.15, -0.1) is 0 Å². The average Bonchev–Trinajstić information content (AvgIpc) is 2.61. The smallest absolute Gasteiger partial charge is 0.343 e. The standard InChI is InChI=1S/C19H17NO4/c1-2-3-4-18(21)23-16-11-7-15(8-12-16)19(22)24-17-9-5-14(13-20)6-10-17/h5-12H,2-4H2,1H3. The first kappa shape index (κ1) is 17.2. The molecule has 0 unspecified atom stereocenters. The first-order valence-corrected chi connectivity index (χ1v) is 7.65. The van der Waals surface area contributed by atoms with Crippen molar-refractivity contribution in [1.82, 2.24) is 0 Å². The third-order valence-corrected chi connectivity index (χ3v) is 3.25. The molecule has 0 fully saturated rings.